The van der Waals surface area contributed by atoms with Crippen LogP contribution in [0.4, 0.5) is 38.9 Å². The number of benzene rings is 2. The molecule has 4 aromatic rings. The molecule has 0 atom stereocenters. The van der Waals surface area contributed by atoms with Crippen molar-refractivity contribution in [1.82, 2.24) is 9.88 Å². The van der Waals surface area contributed by atoms with E-state index in [9.17, 15) is 37.3 Å². The van der Waals surface area contributed by atoms with Crippen molar-refractivity contribution < 1.29 is 41.5 Å². The molecule has 2 aromatic heterocycles. The van der Waals surface area contributed by atoms with Crippen molar-refractivity contribution in [3.05, 3.63) is 99.2 Å². The number of amides is 2. The SMILES string of the molecule is CCOC(=O)N(Cc1c(F)cccc1F)c1sc(-c2ccc([N+](=O)[O-])cc2)c(CN(C)C)c1C(=O)Nc1ccc(OCC(F)F)cn1. The Bertz CT molecular complexity index is 1720. The molecular weight excluding hydrogens is 646 g/mol. The Hall–Kier alpha value is -5.09. The maximum atomic E-state index is 14.9. The monoisotopic (exact) mass is 675 g/mol. The van der Waals surface area contributed by atoms with Gasteiger partial charge in [0, 0.05) is 29.1 Å². The molecule has 0 unspecified atom stereocenters. The summed E-state index contributed by atoms with van der Waals surface area (Å²) < 4.78 is 65.0. The van der Waals surface area contributed by atoms with Crippen LogP contribution in [0, 0.1) is 21.7 Å². The number of ether oxygens (including phenoxy) is 2. The van der Waals surface area contributed by atoms with E-state index in [1.807, 2.05) is 0 Å². The van der Waals surface area contributed by atoms with E-state index in [4.69, 9.17) is 9.47 Å². The molecule has 0 radical (unpaired) electrons. The van der Waals surface area contributed by atoms with Gasteiger partial charge in [0.25, 0.3) is 18.0 Å². The summed E-state index contributed by atoms with van der Waals surface area (Å²) in [6.45, 7) is 0.0860. The number of halogens is 4. The van der Waals surface area contributed by atoms with E-state index in [2.05, 4.69) is 10.3 Å². The van der Waals surface area contributed by atoms with Crippen LogP contribution in [0.5, 0.6) is 5.75 Å². The number of nitro benzene ring substituents is 1. The second kappa shape index (κ2) is 15.5. The van der Waals surface area contributed by atoms with Gasteiger partial charge in [-0.25, -0.2) is 27.3 Å². The predicted octanol–water partition coefficient (Wildman–Crippen LogP) is 7.12. The minimum absolute atomic E-state index is 0.00655. The number of non-ortho nitro benzene ring substituents is 1. The highest BCUT2D eigenvalue weighted by molar-refractivity contribution is 7.20. The van der Waals surface area contributed by atoms with E-state index in [0.29, 0.717) is 16.0 Å². The molecule has 16 heteroatoms. The number of hydrogen-bond acceptors (Lipinski definition) is 9. The van der Waals surface area contributed by atoms with Gasteiger partial charge >= 0.3 is 6.09 Å². The molecule has 2 heterocycles. The van der Waals surface area contributed by atoms with Crippen LogP contribution >= 0.6 is 11.3 Å². The zero-order valence-corrected chi connectivity index (χ0v) is 26.2. The number of hydrogen-bond donors (Lipinski definition) is 1. The van der Waals surface area contributed by atoms with E-state index in [-0.39, 0.29) is 41.0 Å². The summed E-state index contributed by atoms with van der Waals surface area (Å²) in [5, 5.41) is 13.9. The Morgan fingerprint density at radius 2 is 1.70 bits per heavy atom. The molecule has 1 N–H and O–H groups in total. The van der Waals surface area contributed by atoms with Crippen LogP contribution in [0.15, 0.2) is 60.8 Å². The normalized spacial score (nSPS) is 11.1. The number of carbonyl (C=O) groups is 2. The summed E-state index contributed by atoms with van der Waals surface area (Å²) in [6.07, 6.45) is -2.55. The first kappa shape index (κ1) is 34.8. The van der Waals surface area contributed by atoms with Gasteiger partial charge in [-0.3, -0.25) is 19.8 Å². The predicted molar refractivity (Wildman–Crippen MR) is 167 cm³/mol. The summed E-state index contributed by atoms with van der Waals surface area (Å²) >= 11 is 0.951. The van der Waals surface area contributed by atoms with Gasteiger partial charge in [-0.1, -0.05) is 6.07 Å². The average molecular weight is 676 g/mol. The van der Waals surface area contributed by atoms with Crippen LogP contribution in [0.3, 0.4) is 0 Å². The number of alkyl halides is 2. The molecule has 0 aliphatic heterocycles. The van der Waals surface area contributed by atoms with Gasteiger partial charge < -0.3 is 19.7 Å². The van der Waals surface area contributed by atoms with Crippen LogP contribution in [-0.2, 0) is 17.8 Å². The molecular formula is C31H29F4N5O6S. The highest BCUT2D eigenvalue weighted by Gasteiger charge is 2.33. The fourth-order valence-electron chi connectivity index (χ4n) is 4.45. The first-order valence-electron chi connectivity index (χ1n) is 14.0. The third kappa shape index (κ3) is 8.59. The maximum Gasteiger partial charge on any atom is 0.415 e. The lowest BCUT2D eigenvalue weighted by atomic mass is 10.0. The lowest BCUT2D eigenvalue weighted by Gasteiger charge is -2.23. The Morgan fingerprint density at radius 3 is 2.26 bits per heavy atom. The molecule has 248 valence electrons. The summed E-state index contributed by atoms with van der Waals surface area (Å²) in [4.78, 5) is 45.4. The van der Waals surface area contributed by atoms with Crippen molar-refractivity contribution in [2.75, 3.05) is 37.5 Å². The van der Waals surface area contributed by atoms with Gasteiger partial charge in [-0.05, 0) is 68.5 Å². The van der Waals surface area contributed by atoms with E-state index < -0.39 is 53.7 Å². The Balaban J connectivity index is 1.89. The quantitative estimate of drug-likeness (QED) is 0.0902. The molecule has 0 saturated carbocycles. The van der Waals surface area contributed by atoms with Crippen molar-refractivity contribution in [2.45, 2.75) is 26.4 Å². The van der Waals surface area contributed by atoms with Gasteiger partial charge in [0.15, 0.2) is 0 Å². The molecule has 0 fully saturated rings. The van der Waals surface area contributed by atoms with Crippen molar-refractivity contribution in [3.63, 3.8) is 0 Å². The fourth-order valence-corrected chi connectivity index (χ4v) is 5.76. The van der Waals surface area contributed by atoms with Gasteiger partial charge in [-0.15, -0.1) is 11.3 Å². The number of carbonyl (C=O) groups excluding carboxylic acids is 2. The van der Waals surface area contributed by atoms with Crippen LogP contribution in [0.1, 0.15) is 28.4 Å². The molecule has 47 heavy (non-hydrogen) atoms. The summed E-state index contributed by atoms with van der Waals surface area (Å²) in [6, 6.07) is 11.4. The fraction of sp³-hybridized carbons (Fsp3) is 0.258. The molecule has 0 aliphatic rings. The maximum absolute atomic E-state index is 14.9. The molecule has 11 nitrogen and oxygen atoms in total. The van der Waals surface area contributed by atoms with Crippen molar-refractivity contribution in [2.24, 2.45) is 0 Å². The summed E-state index contributed by atoms with van der Waals surface area (Å²) in [7, 11) is 3.46. The van der Waals surface area contributed by atoms with Crippen LogP contribution in [0.25, 0.3) is 10.4 Å². The van der Waals surface area contributed by atoms with Gasteiger partial charge in [0.1, 0.15) is 34.8 Å². The molecule has 0 spiro atoms. The van der Waals surface area contributed by atoms with Crippen molar-refractivity contribution in [3.8, 4) is 16.2 Å². The van der Waals surface area contributed by atoms with Crippen molar-refractivity contribution >= 4 is 39.8 Å². The van der Waals surface area contributed by atoms with E-state index in [1.165, 1.54) is 42.5 Å². The number of nitro groups is 1. The summed E-state index contributed by atoms with van der Waals surface area (Å²) in [5.74, 6) is -2.58. The van der Waals surface area contributed by atoms with Gasteiger partial charge in [0.2, 0.25) is 0 Å². The Kier molecular flexibility index (Phi) is 11.4. The van der Waals surface area contributed by atoms with E-state index in [0.717, 1.165) is 34.6 Å². The third-order valence-electron chi connectivity index (χ3n) is 6.50. The van der Waals surface area contributed by atoms with E-state index >= 15 is 0 Å². The van der Waals surface area contributed by atoms with Crippen LogP contribution in [0.2, 0.25) is 0 Å². The second-order valence-corrected chi connectivity index (χ2v) is 11.2. The molecule has 2 amide bonds. The number of rotatable bonds is 13. The lowest BCUT2D eigenvalue weighted by Crippen LogP contribution is -2.33. The standard InChI is InChI=1S/C31H29F4N5O6S/c1-4-45-31(42)39(16-21-23(32)6-5-7-24(21)33)30-27(29(41)37-26-13-12-20(14-36-26)46-17-25(34)35)22(15-38(2)3)28(47-30)18-8-10-19(11-9-18)40(43)44/h5-14,25H,4,15-17H2,1-3H3,(H,36,37,41). The van der Waals surface area contributed by atoms with Crippen molar-refractivity contribution in [1.29, 1.82) is 0 Å². The number of anilines is 2. The number of aromatic nitrogens is 1. The molecule has 0 aliphatic carbocycles. The smallest absolute Gasteiger partial charge is 0.415 e. The van der Waals surface area contributed by atoms with Crippen LogP contribution < -0.4 is 15.0 Å². The molecule has 2 aromatic carbocycles. The first-order valence-corrected chi connectivity index (χ1v) is 14.8. The topological polar surface area (TPSA) is 127 Å². The van der Waals surface area contributed by atoms with Gasteiger partial charge in [0.05, 0.1) is 29.8 Å². The average Bonchev–Trinajstić information content (AvgIpc) is 3.38. The summed E-state index contributed by atoms with van der Waals surface area (Å²) in [5.41, 5.74) is 0.181. The van der Waals surface area contributed by atoms with Gasteiger partial charge in [-0.2, -0.15) is 0 Å². The largest absolute Gasteiger partial charge is 0.486 e. The first-order chi connectivity index (χ1) is 22.4. The minimum Gasteiger partial charge on any atom is -0.486 e. The number of thiophene rings is 1. The third-order valence-corrected chi connectivity index (χ3v) is 7.80. The highest BCUT2D eigenvalue weighted by Crippen LogP contribution is 2.44. The second-order valence-electron chi connectivity index (χ2n) is 10.2. The lowest BCUT2D eigenvalue weighted by molar-refractivity contribution is -0.384. The minimum atomic E-state index is -2.70. The Labute approximate surface area is 270 Å². The highest BCUT2D eigenvalue weighted by atomic mass is 32.1. The zero-order valence-electron chi connectivity index (χ0n) is 25.3. The zero-order chi connectivity index (χ0) is 34.2. The molecule has 0 saturated heterocycles. The van der Waals surface area contributed by atoms with E-state index in [1.54, 1.807) is 25.9 Å². The number of nitrogens with zero attached hydrogens (tertiary/aromatic N) is 4. The number of nitrogens with one attached hydrogen (secondary N) is 1. The Morgan fingerprint density at radius 1 is 1.02 bits per heavy atom. The molecule has 4 rings (SSSR count). The van der Waals surface area contributed by atoms with Crippen LogP contribution in [-0.4, -0.2) is 60.5 Å². The molecule has 0 bridgehead atoms. The number of pyridine rings is 1.